The summed E-state index contributed by atoms with van der Waals surface area (Å²) in [6, 6.07) is 3.60. The lowest BCUT2D eigenvalue weighted by molar-refractivity contribution is -0.114. The highest BCUT2D eigenvalue weighted by molar-refractivity contribution is 7.11. The molecular formula is C18H21FN4O2S. The smallest absolute Gasteiger partial charge is 0.322 e. The van der Waals surface area contributed by atoms with Crippen LogP contribution < -0.4 is 10.6 Å². The number of carbonyl (C=O) groups is 2. The first kappa shape index (κ1) is 18.3. The van der Waals surface area contributed by atoms with Gasteiger partial charge in [0.2, 0.25) is 5.91 Å². The van der Waals surface area contributed by atoms with Crippen LogP contribution in [0.25, 0.3) is 0 Å². The zero-order valence-corrected chi connectivity index (χ0v) is 15.6. The number of aryl methyl sites for hydroxylation is 2. The first-order chi connectivity index (χ1) is 12.4. The summed E-state index contributed by atoms with van der Waals surface area (Å²) in [7, 11) is 1.64. The van der Waals surface area contributed by atoms with E-state index in [9.17, 15) is 14.0 Å². The van der Waals surface area contributed by atoms with Crippen molar-refractivity contribution >= 4 is 34.6 Å². The molecule has 8 heteroatoms. The largest absolute Gasteiger partial charge is 0.326 e. The van der Waals surface area contributed by atoms with E-state index < -0.39 is 11.8 Å². The highest BCUT2D eigenvalue weighted by Crippen LogP contribution is 2.27. The summed E-state index contributed by atoms with van der Waals surface area (Å²) in [6.07, 6.45) is 4.41. The molecule has 0 unspecified atom stereocenters. The number of rotatable bonds is 4. The highest BCUT2D eigenvalue weighted by Gasteiger charge is 2.18. The number of carbonyl (C=O) groups excluding carboxylic acids is 2. The predicted molar refractivity (Wildman–Crippen MR) is 99.9 cm³/mol. The fraction of sp³-hybridized carbons (Fsp3) is 0.389. The average Bonchev–Trinajstić information content (AvgIpc) is 2.99. The van der Waals surface area contributed by atoms with E-state index in [1.54, 1.807) is 18.4 Å². The van der Waals surface area contributed by atoms with Crippen LogP contribution in [-0.2, 0) is 24.2 Å². The number of thiazole rings is 1. The van der Waals surface area contributed by atoms with E-state index in [-0.39, 0.29) is 11.6 Å². The molecule has 0 radical (unpaired) electrons. The van der Waals surface area contributed by atoms with E-state index in [1.807, 2.05) is 0 Å². The lowest BCUT2D eigenvalue weighted by atomic mass is 10.0. The lowest BCUT2D eigenvalue weighted by Gasteiger charge is -2.17. The standard InChI is InChI=1S/C18H21FN4O2S/c1-11(24)20-12-7-8-13(19)15(9-12)22-18(25)23(2)10-17-21-14-5-3-4-6-16(14)26-17/h7-9H,3-6,10H2,1-2H3,(H,20,24)(H,22,25). The number of nitrogens with zero attached hydrogens (tertiary/aromatic N) is 2. The number of hydrogen-bond acceptors (Lipinski definition) is 4. The van der Waals surface area contributed by atoms with Gasteiger partial charge in [-0.15, -0.1) is 11.3 Å². The van der Waals surface area contributed by atoms with E-state index in [1.165, 1.54) is 41.3 Å². The van der Waals surface area contributed by atoms with Crippen LogP contribution in [0.3, 0.4) is 0 Å². The maximum atomic E-state index is 14.0. The number of amides is 3. The zero-order valence-electron chi connectivity index (χ0n) is 14.8. The molecule has 138 valence electrons. The Hall–Kier alpha value is -2.48. The van der Waals surface area contributed by atoms with Gasteiger partial charge >= 0.3 is 6.03 Å². The number of benzene rings is 1. The third kappa shape index (κ3) is 4.37. The van der Waals surface area contributed by atoms with Crippen molar-refractivity contribution in [3.05, 3.63) is 39.6 Å². The zero-order chi connectivity index (χ0) is 18.7. The molecule has 1 aliphatic rings. The highest BCUT2D eigenvalue weighted by atomic mass is 32.1. The fourth-order valence-electron chi connectivity index (χ4n) is 2.86. The van der Waals surface area contributed by atoms with Crippen LogP contribution in [0.15, 0.2) is 18.2 Å². The Balaban J connectivity index is 1.65. The Morgan fingerprint density at radius 2 is 2.04 bits per heavy atom. The first-order valence-corrected chi connectivity index (χ1v) is 9.30. The molecule has 0 aliphatic heterocycles. The number of halogens is 1. The van der Waals surface area contributed by atoms with Gasteiger partial charge in [0.05, 0.1) is 17.9 Å². The minimum atomic E-state index is -0.564. The second-order valence-electron chi connectivity index (χ2n) is 6.35. The van der Waals surface area contributed by atoms with Crippen molar-refractivity contribution in [1.82, 2.24) is 9.88 Å². The van der Waals surface area contributed by atoms with E-state index in [0.29, 0.717) is 12.2 Å². The second-order valence-corrected chi connectivity index (χ2v) is 7.51. The second kappa shape index (κ2) is 7.82. The van der Waals surface area contributed by atoms with Crippen molar-refractivity contribution in [3.8, 4) is 0 Å². The molecule has 0 saturated carbocycles. The number of hydrogen-bond donors (Lipinski definition) is 2. The van der Waals surface area contributed by atoms with E-state index in [2.05, 4.69) is 15.6 Å². The van der Waals surface area contributed by atoms with Crippen molar-refractivity contribution in [3.63, 3.8) is 0 Å². The molecule has 0 bridgehead atoms. The molecular weight excluding hydrogens is 355 g/mol. The van der Waals surface area contributed by atoms with Gasteiger partial charge < -0.3 is 15.5 Å². The summed E-state index contributed by atoms with van der Waals surface area (Å²) in [5, 5.41) is 6.00. The minimum absolute atomic E-state index is 0.0199. The van der Waals surface area contributed by atoms with Crippen LogP contribution >= 0.6 is 11.3 Å². The van der Waals surface area contributed by atoms with Crippen LogP contribution in [0.5, 0.6) is 0 Å². The Kier molecular flexibility index (Phi) is 5.51. The van der Waals surface area contributed by atoms with Crippen LogP contribution in [0.1, 0.15) is 35.3 Å². The van der Waals surface area contributed by atoms with Crippen LogP contribution in [0.4, 0.5) is 20.6 Å². The molecule has 3 rings (SSSR count). The molecule has 2 N–H and O–H groups in total. The van der Waals surface area contributed by atoms with Crippen molar-refractivity contribution in [2.24, 2.45) is 0 Å². The third-order valence-electron chi connectivity index (χ3n) is 4.14. The van der Waals surface area contributed by atoms with Crippen molar-refractivity contribution in [2.75, 3.05) is 17.7 Å². The molecule has 26 heavy (non-hydrogen) atoms. The lowest BCUT2D eigenvalue weighted by Crippen LogP contribution is -2.31. The molecule has 6 nitrogen and oxygen atoms in total. The SMILES string of the molecule is CC(=O)Nc1ccc(F)c(NC(=O)N(C)Cc2nc3c(s2)CCCC3)c1. The van der Waals surface area contributed by atoms with Gasteiger partial charge in [-0.3, -0.25) is 4.79 Å². The topological polar surface area (TPSA) is 74.3 Å². The summed E-state index contributed by atoms with van der Waals surface area (Å²) < 4.78 is 14.0. The molecule has 0 spiro atoms. The molecule has 0 fully saturated rings. The number of aromatic nitrogens is 1. The van der Waals surface area contributed by atoms with Crippen molar-refractivity contribution in [2.45, 2.75) is 39.2 Å². The van der Waals surface area contributed by atoms with Gasteiger partial charge in [0, 0.05) is 24.5 Å². The number of anilines is 2. The summed E-state index contributed by atoms with van der Waals surface area (Å²) in [4.78, 5) is 30.9. The van der Waals surface area contributed by atoms with Crippen molar-refractivity contribution in [1.29, 1.82) is 0 Å². The third-order valence-corrected chi connectivity index (χ3v) is 5.28. The molecule has 1 aromatic carbocycles. The molecule has 0 saturated heterocycles. The van der Waals surface area contributed by atoms with Gasteiger partial charge in [0.25, 0.3) is 0 Å². The number of nitrogens with one attached hydrogen (secondary N) is 2. The molecule has 3 amide bonds. The van der Waals surface area contributed by atoms with Gasteiger partial charge in [0.15, 0.2) is 0 Å². The summed E-state index contributed by atoms with van der Waals surface area (Å²) in [5.74, 6) is -0.829. The molecule has 1 aliphatic carbocycles. The maximum Gasteiger partial charge on any atom is 0.322 e. The fourth-order valence-corrected chi connectivity index (χ4v) is 4.07. The van der Waals surface area contributed by atoms with E-state index >= 15 is 0 Å². The van der Waals surface area contributed by atoms with Crippen LogP contribution in [0.2, 0.25) is 0 Å². The Bertz CT molecular complexity index is 813. The van der Waals surface area contributed by atoms with Crippen LogP contribution in [0, 0.1) is 5.82 Å². The van der Waals surface area contributed by atoms with Gasteiger partial charge in [-0.25, -0.2) is 14.2 Å². The molecule has 0 atom stereocenters. The molecule has 2 aromatic rings. The molecule has 1 aromatic heterocycles. The van der Waals surface area contributed by atoms with Gasteiger partial charge in [-0.1, -0.05) is 0 Å². The normalized spacial score (nSPS) is 13.0. The predicted octanol–water partition coefficient (Wildman–Crippen LogP) is 3.78. The Morgan fingerprint density at radius 3 is 2.77 bits per heavy atom. The van der Waals surface area contributed by atoms with E-state index in [4.69, 9.17) is 0 Å². The number of fused-ring (bicyclic) bond motifs is 1. The summed E-state index contributed by atoms with van der Waals surface area (Å²) in [6.45, 7) is 1.74. The maximum absolute atomic E-state index is 14.0. The average molecular weight is 376 g/mol. The van der Waals surface area contributed by atoms with Gasteiger partial charge in [-0.05, 0) is 43.9 Å². The quantitative estimate of drug-likeness (QED) is 0.853. The Morgan fingerprint density at radius 1 is 1.27 bits per heavy atom. The van der Waals surface area contributed by atoms with Gasteiger partial charge in [0.1, 0.15) is 10.8 Å². The monoisotopic (exact) mass is 376 g/mol. The van der Waals surface area contributed by atoms with Gasteiger partial charge in [-0.2, -0.15) is 0 Å². The number of urea groups is 1. The minimum Gasteiger partial charge on any atom is -0.326 e. The van der Waals surface area contributed by atoms with Crippen molar-refractivity contribution < 1.29 is 14.0 Å². The van der Waals surface area contributed by atoms with Crippen LogP contribution in [-0.4, -0.2) is 28.9 Å². The Labute approximate surface area is 155 Å². The summed E-state index contributed by atoms with van der Waals surface area (Å²) >= 11 is 1.65. The van der Waals surface area contributed by atoms with E-state index in [0.717, 1.165) is 30.0 Å². The molecule has 1 heterocycles. The summed E-state index contributed by atoms with van der Waals surface area (Å²) in [5.41, 5.74) is 1.59. The first-order valence-electron chi connectivity index (χ1n) is 8.49.